The molecule has 1 saturated heterocycles. The van der Waals surface area contributed by atoms with Gasteiger partial charge in [-0.05, 0) is 76.0 Å². The van der Waals surface area contributed by atoms with E-state index in [1.807, 2.05) is 54.6 Å². The van der Waals surface area contributed by atoms with Gasteiger partial charge in [0.15, 0.2) is 19.7 Å². The van der Waals surface area contributed by atoms with Gasteiger partial charge in [0.1, 0.15) is 0 Å². The van der Waals surface area contributed by atoms with Crippen molar-refractivity contribution in [1.82, 2.24) is 4.90 Å². The average molecular weight is 684 g/mol. The summed E-state index contributed by atoms with van der Waals surface area (Å²) in [4.78, 5) is 2.34. The van der Waals surface area contributed by atoms with Crippen molar-refractivity contribution in [2.24, 2.45) is 5.92 Å². The first-order valence-corrected chi connectivity index (χ1v) is 20.5. The lowest BCUT2D eigenvalue weighted by Gasteiger charge is -2.47. The minimum atomic E-state index is -3.37. The fraction of sp³-hybridized carbons (Fsp3) is 0.526. The summed E-state index contributed by atoms with van der Waals surface area (Å²) in [5, 5.41) is 20.2. The molecule has 1 aliphatic heterocycles. The van der Waals surface area contributed by atoms with E-state index in [1.165, 1.54) is 0 Å². The van der Waals surface area contributed by atoms with E-state index in [0.717, 1.165) is 61.8 Å². The second-order valence-corrected chi connectivity index (χ2v) is 18.9. The van der Waals surface area contributed by atoms with Crippen molar-refractivity contribution in [1.29, 1.82) is 0 Å². The summed E-state index contributed by atoms with van der Waals surface area (Å²) in [6.45, 7) is 7.45. The van der Waals surface area contributed by atoms with Crippen LogP contribution in [0.25, 0.3) is 0 Å². The number of benzene rings is 3. The van der Waals surface area contributed by atoms with Crippen LogP contribution in [0.2, 0.25) is 0 Å². The third-order valence-corrected chi connectivity index (χ3v) is 14.4. The Morgan fingerprint density at radius 1 is 0.617 bits per heavy atom. The maximum Gasteiger partial charge on any atom is 0.155 e. The first-order chi connectivity index (χ1) is 22.3. The molecule has 2 aliphatic rings. The molecule has 9 heteroatoms. The summed E-state index contributed by atoms with van der Waals surface area (Å²) >= 11 is 0. The van der Waals surface area contributed by atoms with E-state index in [9.17, 15) is 27.0 Å². The van der Waals surface area contributed by atoms with Crippen LogP contribution in [0, 0.1) is 5.92 Å². The van der Waals surface area contributed by atoms with Gasteiger partial charge in [0.25, 0.3) is 0 Å². The highest BCUT2D eigenvalue weighted by Gasteiger charge is 2.49. The largest absolute Gasteiger partial charge is 0.392 e. The molecule has 0 bridgehead atoms. The number of likely N-dealkylation sites (tertiary alicyclic amines) is 1. The molecule has 7 nitrogen and oxygen atoms in total. The van der Waals surface area contributed by atoms with Crippen LogP contribution < -0.4 is 0 Å². The van der Waals surface area contributed by atoms with Crippen LogP contribution in [0.3, 0.4) is 0 Å². The Morgan fingerprint density at radius 3 is 1.38 bits per heavy atom. The Kier molecular flexibility index (Phi) is 12.9. The number of hydrogen-bond acceptors (Lipinski definition) is 7. The number of rotatable bonds is 12. The first-order valence-electron chi connectivity index (χ1n) is 17.0. The number of aliphatic hydroxyl groups excluding tert-OH is 2. The zero-order valence-electron chi connectivity index (χ0n) is 28.3. The summed E-state index contributed by atoms with van der Waals surface area (Å²) in [6, 6.07) is 30.8. The van der Waals surface area contributed by atoms with Gasteiger partial charge in [0, 0.05) is 12.6 Å². The summed E-state index contributed by atoms with van der Waals surface area (Å²) in [5.41, 5.74) is 2.67. The smallest absolute Gasteiger partial charge is 0.155 e. The fourth-order valence-electron chi connectivity index (χ4n) is 7.09. The van der Waals surface area contributed by atoms with Gasteiger partial charge in [0.2, 0.25) is 0 Å². The molecule has 2 fully saturated rings. The Balaban J connectivity index is 0.000000300. The van der Waals surface area contributed by atoms with Crippen LogP contribution in [0.15, 0.2) is 91.0 Å². The van der Waals surface area contributed by atoms with E-state index in [2.05, 4.69) is 41.3 Å². The van der Waals surface area contributed by atoms with Crippen molar-refractivity contribution in [3.63, 3.8) is 0 Å². The molecule has 2 N–H and O–H groups in total. The van der Waals surface area contributed by atoms with Crippen LogP contribution in [-0.4, -0.2) is 78.7 Å². The van der Waals surface area contributed by atoms with Crippen LogP contribution in [0.5, 0.6) is 0 Å². The molecule has 0 radical (unpaired) electrons. The molecule has 5 rings (SSSR count). The van der Waals surface area contributed by atoms with E-state index in [4.69, 9.17) is 0 Å². The lowest BCUT2D eigenvalue weighted by atomic mass is 9.75. The quantitative estimate of drug-likeness (QED) is 0.226. The van der Waals surface area contributed by atoms with E-state index in [1.54, 1.807) is 27.7 Å². The lowest BCUT2D eigenvalue weighted by Crippen LogP contribution is -2.55. The molecule has 0 amide bonds. The summed E-state index contributed by atoms with van der Waals surface area (Å²) in [6.07, 6.45) is 4.26. The predicted molar refractivity (Wildman–Crippen MR) is 191 cm³/mol. The van der Waals surface area contributed by atoms with Crippen molar-refractivity contribution in [3.05, 3.63) is 108 Å². The van der Waals surface area contributed by atoms with Gasteiger partial charge in [-0.25, -0.2) is 16.8 Å². The van der Waals surface area contributed by atoms with Gasteiger partial charge < -0.3 is 10.2 Å². The van der Waals surface area contributed by atoms with Gasteiger partial charge in [-0.3, -0.25) is 4.90 Å². The monoisotopic (exact) mass is 683 g/mol. The van der Waals surface area contributed by atoms with Crippen molar-refractivity contribution >= 4 is 19.7 Å². The topological polar surface area (TPSA) is 112 Å². The normalized spacial score (nSPS) is 19.4. The minimum Gasteiger partial charge on any atom is -0.392 e. The van der Waals surface area contributed by atoms with Crippen molar-refractivity contribution in [2.75, 3.05) is 18.1 Å². The molecular formula is C38H53NO6S2. The van der Waals surface area contributed by atoms with Crippen LogP contribution in [0.4, 0.5) is 0 Å². The molecule has 1 aliphatic carbocycles. The maximum atomic E-state index is 12.7. The van der Waals surface area contributed by atoms with Gasteiger partial charge in [-0.2, -0.15) is 0 Å². The Labute approximate surface area is 282 Å². The van der Waals surface area contributed by atoms with E-state index in [-0.39, 0.29) is 28.7 Å². The first kappa shape index (κ1) is 37.3. The van der Waals surface area contributed by atoms with Crippen molar-refractivity contribution in [2.45, 2.75) is 101 Å². The molecule has 258 valence electrons. The molecule has 47 heavy (non-hydrogen) atoms. The highest BCUT2D eigenvalue weighted by Crippen LogP contribution is 2.46. The zero-order valence-corrected chi connectivity index (χ0v) is 29.9. The van der Waals surface area contributed by atoms with Crippen molar-refractivity contribution in [3.8, 4) is 0 Å². The van der Waals surface area contributed by atoms with Gasteiger partial charge in [-0.1, -0.05) is 104 Å². The average Bonchev–Trinajstić information content (AvgIpc) is 3.77. The van der Waals surface area contributed by atoms with Gasteiger partial charge >= 0.3 is 0 Å². The van der Waals surface area contributed by atoms with E-state index >= 15 is 0 Å². The molecule has 1 saturated carbocycles. The summed E-state index contributed by atoms with van der Waals surface area (Å²) < 4.78 is 48.4. The Bertz CT molecular complexity index is 1490. The minimum absolute atomic E-state index is 0.0602. The number of sulfone groups is 2. The van der Waals surface area contributed by atoms with Crippen molar-refractivity contribution < 1.29 is 27.0 Å². The molecule has 1 heterocycles. The molecule has 0 unspecified atom stereocenters. The summed E-state index contributed by atoms with van der Waals surface area (Å²) in [5.74, 6) is -0.0705. The maximum absolute atomic E-state index is 12.7. The molecule has 3 aromatic carbocycles. The molecule has 3 atom stereocenters. The predicted octanol–water partition coefficient (Wildman–Crippen LogP) is 5.99. The fourth-order valence-corrected chi connectivity index (χ4v) is 9.31. The SMILES string of the molecule is CC(C)S(=O)(=O)C[C@H](O)C1CCCC1.CC(C)S(=O)(=O)C[C@H](O)[C@H]1CCCN1C(c1ccccc1)(c1ccccc1)c1ccccc1. The molecule has 0 aromatic heterocycles. The molecule has 0 spiro atoms. The zero-order chi connectivity index (χ0) is 34.2. The molecular weight excluding hydrogens is 631 g/mol. The highest BCUT2D eigenvalue weighted by atomic mass is 32.2. The Morgan fingerprint density at radius 2 is 1.00 bits per heavy atom. The summed E-state index contributed by atoms with van der Waals surface area (Å²) in [7, 11) is -6.46. The third-order valence-electron chi connectivity index (χ3n) is 9.94. The second kappa shape index (κ2) is 16.2. The Hall–Kier alpha value is -2.56. The van der Waals surface area contributed by atoms with E-state index in [0.29, 0.717) is 0 Å². The molecule has 3 aromatic rings. The van der Waals surface area contributed by atoms with Crippen LogP contribution in [-0.2, 0) is 25.2 Å². The van der Waals surface area contributed by atoms with E-state index < -0.39 is 42.7 Å². The third kappa shape index (κ3) is 8.73. The highest BCUT2D eigenvalue weighted by molar-refractivity contribution is 7.92. The van der Waals surface area contributed by atoms with Crippen LogP contribution in [0.1, 0.15) is 82.9 Å². The number of aliphatic hydroxyl groups is 2. The standard InChI is InChI=1S/C28H33NO3S.C10H20O3S/c1-22(2)33(31,32)21-27(30)26-19-12-20-29(26)28(23-13-6-3-7-14-23,24-15-8-4-9-16-24)25-17-10-5-11-18-25;1-8(2)14(12,13)7-10(11)9-5-3-4-6-9/h3-11,13-18,22,26-27,30H,12,19-21H2,1-2H3;8-11H,3-7H2,1-2H3/t26-,27+;10-/m10/s1. The van der Waals surface area contributed by atoms with Gasteiger partial charge in [0.05, 0.1) is 39.8 Å². The van der Waals surface area contributed by atoms with Gasteiger partial charge in [-0.15, -0.1) is 0 Å². The number of hydrogen-bond donors (Lipinski definition) is 2. The van der Waals surface area contributed by atoms with Crippen LogP contribution >= 0.6 is 0 Å². The lowest BCUT2D eigenvalue weighted by molar-refractivity contribution is 0.0451. The number of nitrogens with zero attached hydrogens (tertiary/aromatic N) is 1. The second-order valence-electron chi connectivity index (χ2n) is 13.6.